The second kappa shape index (κ2) is 13.5. The van der Waals surface area contributed by atoms with Crippen molar-refractivity contribution in [2.45, 2.75) is 44.8 Å². The standard InChI is InChI=1S/C25H31N5O6/c1-15(28-25(36)21(29-16(2)31)13-18-8-10-19(32)11-9-18)23(34)30-20(24(35)27-14-22(26)33)12-17-6-4-3-5-7-17/h3-11,15,20-21,32H,12-14H2,1-2H3,(H2,26,33)(H,27,35)(H,28,36)(H,29,31)(H,30,34)/t15-,20+,21+/m1/s1. The molecule has 2 rings (SSSR count). The Balaban J connectivity index is 2.07. The first kappa shape index (κ1) is 27.8. The van der Waals surface area contributed by atoms with Crippen LogP contribution in [0.1, 0.15) is 25.0 Å². The number of hydrogen-bond acceptors (Lipinski definition) is 6. The summed E-state index contributed by atoms with van der Waals surface area (Å²) < 4.78 is 0. The second-order valence-corrected chi connectivity index (χ2v) is 8.29. The molecule has 0 aliphatic heterocycles. The van der Waals surface area contributed by atoms with Crippen LogP contribution in [0.25, 0.3) is 0 Å². The molecule has 2 aromatic rings. The zero-order valence-corrected chi connectivity index (χ0v) is 20.1. The molecule has 0 fully saturated rings. The van der Waals surface area contributed by atoms with Crippen LogP contribution >= 0.6 is 0 Å². The van der Waals surface area contributed by atoms with Crippen LogP contribution in [-0.4, -0.2) is 59.3 Å². The van der Waals surface area contributed by atoms with Crippen LogP contribution in [0.2, 0.25) is 0 Å². The Morgan fingerprint density at radius 2 is 1.33 bits per heavy atom. The smallest absolute Gasteiger partial charge is 0.243 e. The van der Waals surface area contributed by atoms with Crippen molar-refractivity contribution in [3.8, 4) is 5.75 Å². The molecule has 7 N–H and O–H groups in total. The third-order valence-electron chi connectivity index (χ3n) is 5.17. The highest BCUT2D eigenvalue weighted by atomic mass is 16.3. The lowest BCUT2D eigenvalue weighted by Gasteiger charge is -2.23. The van der Waals surface area contributed by atoms with Crippen molar-refractivity contribution in [3.05, 3.63) is 65.7 Å². The summed E-state index contributed by atoms with van der Waals surface area (Å²) >= 11 is 0. The first-order chi connectivity index (χ1) is 17.0. The molecule has 3 atom stereocenters. The summed E-state index contributed by atoms with van der Waals surface area (Å²) in [7, 11) is 0. The quantitative estimate of drug-likeness (QED) is 0.225. The molecule has 5 amide bonds. The van der Waals surface area contributed by atoms with E-state index in [9.17, 15) is 29.1 Å². The summed E-state index contributed by atoms with van der Waals surface area (Å²) in [6.45, 7) is 2.33. The molecule has 0 aromatic heterocycles. The number of hydrogen-bond donors (Lipinski definition) is 6. The Hall–Kier alpha value is -4.41. The van der Waals surface area contributed by atoms with Gasteiger partial charge in [-0.25, -0.2) is 0 Å². The monoisotopic (exact) mass is 497 g/mol. The van der Waals surface area contributed by atoms with E-state index < -0.39 is 47.7 Å². The third kappa shape index (κ3) is 9.45. The number of carbonyl (C=O) groups is 5. The van der Waals surface area contributed by atoms with Gasteiger partial charge in [-0.1, -0.05) is 42.5 Å². The lowest BCUT2D eigenvalue weighted by molar-refractivity contribution is -0.133. The molecule has 11 nitrogen and oxygen atoms in total. The van der Waals surface area contributed by atoms with E-state index in [-0.39, 0.29) is 25.1 Å². The van der Waals surface area contributed by atoms with Crippen LogP contribution in [0.5, 0.6) is 5.75 Å². The second-order valence-electron chi connectivity index (χ2n) is 8.29. The van der Waals surface area contributed by atoms with Gasteiger partial charge in [0.25, 0.3) is 0 Å². The van der Waals surface area contributed by atoms with Crippen LogP contribution in [0, 0.1) is 0 Å². The highest BCUT2D eigenvalue weighted by molar-refractivity contribution is 5.94. The lowest BCUT2D eigenvalue weighted by Crippen LogP contribution is -2.56. The molecule has 0 aliphatic carbocycles. The first-order valence-electron chi connectivity index (χ1n) is 11.3. The van der Waals surface area contributed by atoms with Gasteiger partial charge >= 0.3 is 0 Å². The van der Waals surface area contributed by atoms with E-state index in [1.807, 2.05) is 6.07 Å². The number of aromatic hydroxyl groups is 1. The van der Waals surface area contributed by atoms with Crippen LogP contribution < -0.4 is 27.0 Å². The molecule has 192 valence electrons. The van der Waals surface area contributed by atoms with Gasteiger partial charge in [-0.15, -0.1) is 0 Å². The zero-order chi connectivity index (χ0) is 26.7. The highest BCUT2D eigenvalue weighted by Gasteiger charge is 2.27. The molecule has 0 radical (unpaired) electrons. The number of rotatable bonds is 12. The molecule has 0 spiro atoms. The Bertz CT molecular complexity index is 1070. The first-order valence-corrected chi connectivity index (χ1v) is 11.3. The average molecular weight is 498 g/mol. The van der Waals surface area contributed by atoms with Crippen molar-refractivity contribution >= 4 is 29.5 Å². The number of phenolic OH excluding ortho intramolecular Hbond substituents is 1. The molecule has 0 saturated carbocycles. The van der Waals surface area contributed by atoms with Gasteiger partial charge in [0.05, 0.1) is 6.54 Å². The minimum Gasteiger partial charge on any atom is -0.508 e. The number of carbonyl (C=O) groups excluding carboxylic acids is 5. The summed E-state index contributed by atoms with van der Waals surface area (Å²) in [5, 5.41) is 19.5. The summed E-state index contributed by atoms with van der Waals surface area (Å²) in [6.07, 6.45) is 0.277. The Labute approximate surface area is 208 Å². The molecule has 0 unspecified atom stereocenters. The average Bonchev–Trinajstić information content (AvgIpc) is 2.83. The molecule has 2 aromatic carbocycles. The van der Waals surface area contributed by atoms with E-state index in [4.69, 9.17) is 5.73 Å². The molecule has 0 heterocycles. The molecule has 0 bridgehead atoms. The number of primary amides is 1. The maximum Gasteiger partial charge on any atom is 0.243 e. The van der Waals surface area contributed by atoms with E-state index in [1.54, 1.807) is 36.4 Å². The highest BCUT2D eigenvalue weighted by Crippen LogP contribution is 2.12. The molecule has 0 aliphatic rings. The fourth-order valence-electron chi connectivity index (χ4n) is 3.36. The summed E-state index contributed by atoms with van der Waals surface area (Å²) in [5.41, 5.74) is 6.55. The van der Waals surface area contributed by atoms with Gasteiger partial charge in [-0.2, -0.15) is 0 Å². The number of phenols is 1. The molecular formula is C25H31N5O6. The number of amides is 5. The van der Waals surface area contributed by atoms with Gasteiger partial charge < -0.3 is 32.1 Å². The fourth-order valence-corrected chi connectivity index (χ4v) is 3.36. The molecule has 0 saturated heterocycles. The van der Waals surface area contributed by atoms with Crippen LogP contribution in [0.15, 0.2) is 54.6 Å². The van der Waals surface area contributed by atoms with Crippen LogP contribution in [0.3, 0.4) is 0 Å². The van der Waals surface area contributed by atoms with Gasteiger partial charge in [0, 0.05) is 19.8 Å². The Morgan fingerprint density at radius 1 is 0.778 bits per heavy atom. The molecule has 36 heavy (non-hydrogen) atoms. The van der Waals surface area contributed by atoms with Crippen molar-refractivity contribution in [2.24, 2.45) is 5.73 Å². The van der Waals surface area contributed by atoms with Gasteiger partial charge in [-0.05, 0) is 30.2 Å². The molecule has 11 heteroatoms. The largest absolute Gasteiger partial charge is 0.508 e. The van der Waals surface area contributed by atoms with Crippen molar-refractivity contribution in [3.63, 3.8) is 0 Å². The van der Waals surface area contributed by atoms with E-state index in [1.165, 1.54) is 26.0 Å². The van der Waals surface area contributed by atoms with Gasteiger partial charge in [0.15, 0.2) is 0 Å². The van der Waals surface area contributed by atoms with Crippen LogP contribution in [-0.2, 0) is 36.8 Å². The van der Waals surface area contributed by atoms with Gasteiger partial charge in [0.1, 0.15) is 23.9 Å². The predicted molar refractivity (Wildman–Crippen MR) is 131 cm³/mol. The summed E-state index contributed by atoms with van der Waals surface area (Å²) in [4.78, 5) is 61.0. The summed E-state index contributed by atoms with van der Waals surface area (Å²) in [6, 6.07) is 12.1. The molecular weight excluding hydrogens is 466 g/mol. The van der Waals surface area contributed by atoms with Gasteiger partial charge in [0.2, 0.25) is 29.5 Å². The van der Waals surface area contributed by atoms with Crippen molar-refractivity contribution < 1.29 is 29.1 Å². The van der Waals surface area contributed by atoms with E-state index >= 15 is 0 Å². The predicted octanol–water partition coefficient (Wildman–Crippen LogP) is -0.727. The third-order valence-corrected chi connectivity index (χ3v) is 5.17. The number of nitrogens with one attached hydrogen (secondary N) is 4. The van der Waals surface area contributed by atoms with Crippen molar-refractivity contribution in [2.75, 3.05) is 6.54 Å². The maximum absolute atomic E-state index is 12.9. The Kier molecular flexibility index (Phi) is 10.4. The van der Waals surface area contributed by atoms with Crippen LogP contribution in [0.4, 0.5) is 0 Å². The number of benzene rings is 2. The maximum atomic E-state index is 12.9. The van der Waals surface area contributed by atoms with E-state index in [0.717, 1.165) is 5.56 Å². The normalized spacial score (nSPS) is 12.9. The van der Waals surface area contributed by atoms with Crippen molar-refractivity contribution in [1.82, 2.24) is 21.3 Å². The minimum atomic E-state index is -1.05. The minimum absolute atomic E-state index is 0.0643. The van der Waals surface area contributed by atoms with Crippen molar-refractivity contribution in [1.29, 1.82) is 0 Å². The van der Waals surface area contributed by atoms with Gasteiger partial charge in [-0.3, -0.25) is 24.0 Å². The zero-order valence-electron chi connectivity index (χ0n) is 20.1. The van der Waals surface area contributed by atoms with E-state index in [0.29, 0.717) is 5.56 Å². The number of nitrogens with two attached hydrogens (primary N) is 1. The lowest BCUT2D eigenvalue weighted by atomic mass is 10.0. The topological polar surface area (TPSA) is 180 Å². The van der Waals surface area contributed by atoms with E-state index in [2.05, 4.69) is 21.3 Å². The summed E-state index contributed by atoms with van der Waals surface area (Å²) in [5.74, 6) is -2.93. The SMILES string of the molecule is CC(=O)N[C@@H](Cc1ccc(O)cc1)C(=O)N[C@H](C)C(=O)N[C@@H](Cc1ccccc1)C(=O)NCC(N)=O. The Morgan fingerprint density at radius 3 is 1.89 bits per heavy atom. The fraction of sp³-hybridized carbons (Fsp3) is 0.320.